The van der Waals surface area contributed by atoms with Crippen LogP contribution in [0.15, 0.2) is 0 Å². The summed E-state index contributed by atoms with van der Waals surface area (Å²) in [5.41, 5.74) is 0. The molecule has 0 saturated carbocycles. The monoisotopic (exact) mass is 187 g/mol. The van der Waals surface area contributed by atoms with Crippen LogP contribution in [-0.4, -0.2) is 25.0 Å². The SMILES string of the molecule is CC.Cc1nnc(C)n1C(C)(O)O. The highest BCUT2D eigenvalue weighted by Crippen LogP contribution is 2.11. The normalized spacial score (nSPS) is 10.7. The second-order valence-electron chi connectivity index (χ2n) is 2.60. The molecule has 0 saturated heterocycles. The maximum Gasteiger partial charge on any atom is 0.249 e. The van der Waals surface area contributed by atoms with E-state index in [9.17, 15) is 10.2 Å². The third-order valence-electron chi connectivity index (χ3n) is 1.41. The molecule has 0 aliphatic heterocycles. The zero-order valence-corrected chi connectivity index (χ0v) is 8.74. The standard InChI is InChI=1S/C6H11N3O2.C2H6/c1-4-7-8-5(2)9(4)6(3,10)11;1-2/h10-11H,1-3H3;1-2H3. The summed E-state index contributed by atoms with van der Waals surface area (Å²) in [5.74, 6) is -0.942. The molecule has 1 rings (SSSR count). The van der Waals surface area contributed by atoms with Gasteiger partial charge in [-0.25, -0.2) is 0 Å². The lowest BCUT2D eigenvalue weighted by molar-refractivity contribution is -0.215. The summed E-state index contributed by atoms with van der Waals surface area (Å²) in [7, 11) is 0. The lowest BCUT2D eigenvalue weighted by atomic mass is 10.5. The van der Waals surface area contributed by atoms with Gasteiger partial charge < -0.3 is 10.2 Å². The van der Waals surface area contributed by atoms with Gasteiger partial charge in [0.05, 0.1) is 0 Å². The van der Waals surface area contributed by atoms with Gasteiger partial charge in [0.15, 0.2) is 0 Å². The molecule has 5 heteroatoms. The predicted octanol–water partition coefficient (Wildman–Crippen LogP) is 0.536. The van der Waals surface area contributed by atoms with E-state index < -0.39 is 5.91 Å². The van der Waals surface area contributed by atoms with Crippen molar-refractivity contribution in [2.45, 2.75) is 40.5 Å². The van der Waals surface area contributed by atoms with E-state index in [1.54, 1.807) is 13.8 Å². The van der Waals surface area contributed by atoms with Crippen molar-refractivity contribution in [2.75, 3.05) is 0 Å². The van der Waals surface area contributed by atoms with Crippen molar-refractivity contribution >= 4 is 0 Å². The minimum atomic E-state index is -1.91. The van der Waals surface area contributed by atoms with Gasteiger partial charge in [-0.3, -0.25) is 4.57 Å². The largest absolute Gasteiger partial charge is 0.349 e. The van der Waals surface area contributed by atoms with E-state index >= 15 is 0 Å². The van der Waals surface area contributed by atoms with Crippen LogP contribution in [0.5, 0.6) is 0 Å². The number of aliphatic hydroxyl groups is 2. The quantitative estimate of drug-likeness (QED) is 0.629. The van der Waals surface area contributed by atoms with Gasteiger partial charge in [0.25, 0.3) is 0 Å². The van der Waals surface area contributed by atoms with Gasteiger partial charge in [0.1, 0.15) is 11.6 Å². The molecule has 0 spiro atoms. The second-order valence-corrected chi connectivity index (χ2v) is 2.60. The molecule has 5 nitrogen and oxygen atoms in total. The Kier molecular flexibility index (Phi) is 4.03. The lowest BCUT2D eigenvalue weighted by Crippen LogP contribution is -2.30. The third kappa shape index (κ3) is 2.78. The number of aromatic nitrogens is 3. The highest BCUT2D eigenvalue weighted by atomic mass is 16.5. The molecule has 0 aliphatic carbocycles. The zero-order valence-electron chi connectivity index (χ0n) is 8.74. The van der Waals surface area contributed by atoms with Crippen LogP contribution >= 0.6 is 0 Å². The molecule has 76 valence electrons. The first kappa shape index (κ1) is 12.1. The Bertz CT molecular complexity index is 243. The van der Waals surface area contributed by atoms with Crippen molar-refractivity contribution in [2.24, 2.45) is 0 Å². The van der Waals surface area contributed by atoms with Crippen molar-refractivity contribution in [3.63, 3.8) is 0 Å². The molecule has 0 aromatic carbocycles. The summed E-state index contributed by atoms with van der Waals surface area (Å²) in [4.78, 5) is 0. The second kappa shape index (κ2) is 4.34. The van der Waals surface area contributed by atoms with Crippen LogP contribution < -0.4 is 0 Å². The van der Waals surface area contributed by atoms with Crippen molar-refractivity contribution in [3.8, 4) is 0 Å². The Hall–Kier alpha value is -0.940. The number of hydrogen-bond acceptors (Lipinski definition) is 4. The van der Waals surface area contributed by atoms with Gasteiger partial charge >= 0.3 is 0 Å². The summed E-state index contributed by atoms with van der Waals surface area (Å²) in [6, 6.07) is 0. The average Bonchev–Trinajstić information content (AvgIpc) is 2.33. The van der Waals surface area contributed by atoms with Gasteiger partial charge in [-0.1, -0.05) is 13.8 Å². The molecule has 0 unspecified atom stereocenters. The smallest absolute Gasteiger partial charge is 0.249 e. The molecule has 1 aromatic rings. The van der Waals surface area contributed by atoms with Crippen LogP contribution in [0.1, 0.15) is 32.4 Å². The van der Waals surface area contributed by atoms with E-state index in [2.05, 4.69) is 10.2 Å². The molecule has 1 heterocycles. The minimum absolute atomic E-state index is 0.481. The Morgan fingerprint density at radius 2 is 1.38 bits per heavy atom. The minimum Gasteiger partial charge on any atom is -0.349 e. The predicted molar refractivity (Wildman–Crippen MR) is 48.9 cm³/mol. The lowest BCUT2D eigenvalue weighted by Gasteiger charge is -2.19. The molecule has 13 heavy (non-hydrogen) atoms. The van der Waals surface area contributed by atoms with Gasteiger partial charge in [-0.05, 0) is 13.8 Å². The van der Waals surface area contributed by atoms with Crippen molar-refractivity contribution < 1.29 is 10.2 Å². The van der Waals surface area contributed by atoms with Crippen LogP contribution in [0.4, 0.5) is 0 Å². The van der Waals surface area contributed by atoms with Crippen molar-refractivity contribution in [1.82, 2.24) is 14.8 Å². The average molecular weight is 187 g/mol. The maximum atomic E-state index is 9.18. The summed E-state index contributed by atoms with van der Waals surface area (Å²) < 4.78 is 1.24. The first-order chi connectivity index (χ1) is 5.93. The van der Waals surface area contributed by atoms with Crippen LogP contribution in [0, 0.1) is 13.8 Å². The van der Waals surface area contributed by atoms with Crippen molar-refractivity contribution in [3.05, 3.63) is 11.6 Å². The van der Waals surface area contributed by atoms with E-state index in [-0.39, 0.29) is 0 Å². The molecular formula is C8H17N3O2. The van der Waals surface area contributed by atoms with E-state index in [1.807, 2.05) is 13.8 Å². The molecule has 1 aromatic heterocycles. The Morgan fingerprint density at radius 1 is 1.08 bits per heavy atom. The fourth-order valence-electron chi connectivity index (χ4n) is 1.08. The number of nitrogens with zero attached hydrogens (tertiary/aromatic N) is 3. The van der Waals surface area contributed by atoms with Gasteiger partial charge in [0, 0.05) is 6.92 Å². The fourth-order valence-corrected chi connectivity index (χ4v) is 1.08. The Morgan fingerprint density at radius 3 is 1.54 bits per heavy atom. The van der Waals surface area contributed by atoms with Crippen LogP contribution in [0.2, 0.25) is 0 Å². The molecule has 0 atom stereocenters. The van der Waals surface area contributed by atoms with Gasteiger partial charge in [-0.15, -0.1) is 10.2 Å². The molecule has 2 N–H and O–H groups in total. The first-order valence-corrected chi connectivity index (χ1v) is 4.27. The summed E-state index contributed by atoms with van der Waals surface area (Å²) in [6.07, 6.45) is 0. The zero-order chi connectivity index (χ0) is 10.6. The van der Waals surface area contributed by atoms with Gasteiger partial charge in [-0.2, -0.15) is 0 Å². The highest BCUT2D eigenvalue weighted by molar-refractivity contribution is 4.93. The number of hydrogen-bond donors (Lipinski definition) is 2. The fraction of sp³-hybridized carbons (Fsp3) is 0.750. The number of aryl methyl sites for hydroxylation is 2. The third-order valence-corrected chi connectivity index (χ3v) is 1.41. The Balaban J connectivity index is 0.000000671. The van der Waals surface area contributed by atoms with E-state index in [4.69, 9.17) is 0 Å². The van der Waals surface area contributed by atoms with Crippen LogP contribution in [0.25, 0.3) is 0 Å². The van der Waals surface area contributed by atoms with E-state index in [1.165, 1.54) is 11.5 Å². The van der Waals surface area contributed by atoms with Crippen LogP contribution in [0.3, 0.4) is 0 Å². The first-order valence-electron chi connectivity index (χ1n) is 4.27. The summed E-state index contributed by atoms with van der Waals surface area (Å²) in [5, 5.41) is 25.7. The Labute approximate surface area is 78.0 Å². The molecule has 0 fully saturated rings. The highest BCUT2D eigenvalue weighted by Gasteiger charge is 2.22. The maximum absolute atomic E-state index is 9.18. The summed E-state index contributed by atoms with van der Waals surface area (Å²) >= 11 is 0. The molecule has 0 radical (unpaired) electrons. The van der Waals surface area contributed by atoms with Crippen molar-refractivity contribution in [1.29, 1.82) is 0 Å². The van der Waals surface area contributed by atoms with E-state index in [0.717, 1.165) is 0 Å². The number of rotatable bonds is 1. The van der Waals surface area contributed by atoms with E-state index in [0.29, 0.717) is 11.6 Å². The molecular weight excluding hydrogens is 170 g/mol. The topological polar surface area (TPSA) is 71.2 Å². The molecule has 0 bridgehead atoms. The van der Waals surface area contributed by atoms with Gasteiger partial charge in [0.2, 0.25) is 5.91 Å². The summed E-state index contributed by atoms with van der Waals surface area (Å²) in [6.45, 7) is 8.58. The molecule has 0 aliphatic rings. The molecule has 0 amide bonds. The van der Waals surface area contributed by atoms with Crippen LogP contribution in [-0.2, 0) is 5.91 Å².